The normalized spacial score (nSPS) is 21.0. The molecule has 28 heavy (non-hydrogen) atoms. The summed E-state index contributed by atoms with van der Waals surface area (Å²) in [6, 6.07) is 10.9. The van der Waals surface area contributed by atoms with E-state index in [0.717, 1.165) is 49.9 Å². The molecule has 1 aliphatic heterocycles. The lowest BCUT2D eigenvalue weighted by molar-refractivity contribution is 0.165. The van der Waals surface area contributed by atoms with Gasteiger partial charge in [-0.1, -0.05) is 49.6 Å². The average molecular weight is 400 g/mol. The number of rotatable bonds is 4. The third-order valence-electron chi connectivity index (χ3n) is 5.75. The molecule has 150 valence electrons. The van der Waals surface area contributed by atoms with Crippen molar-refractivity contribution in [2.45, 2.75) is 57.5 Å². The van der Waals surface area contributed by atoms with Gasteiger partial charge >= 0.3 is 6.03 Å². The van der Waals surface area contributed by atoms with Crippen molar-refractivity contribution in [1.82, 2.24) is 19.6 Å². The summed E-state index contributed by atoms with van der Waals surface area (Å²) in [5, 5.41) is 4.21. The van der Waals surface area contributed by atoms with Gasteiger partial charge in [-0.05, 0) is 25.3 Å². The van der Waals surface area contributed by atoms with Crippen LogP contribution in [-0.4, -0.2) is 52.0 Å². The van der Waals surface area contributed by atoms with Gasteiger partial charge in [0, 0.05) is 49.7 Å². The number of hydrogen-bond acceptors (Lipinski definition) is 5. The lowest BCUT2D eigenvalue weighted by Gasteiger charge is -2.40. The number of piperazine rings is 1. The van der Waals surface area contributed by atoms with Crippen LogP contribution in [0.25, 0.3) is 0 Å². The van der Waals surface area contributed by atoms with Gasteiger partial charge in [0.05, 0.1) is 0 Å². The molecule has 4 rings (SSSR count). The van der Waals surface area contributed by atoms with E-state index in [-0.39, 0.29) is 12.1 Å². The summed E-state index contributed by atoms with van der Waals surface area (Å²) in [7, 11) is 0. The smallest absolute Gasteiger partial charge is 0.317 e. The highest BCUT2D eigenvalue weighted by Gasteiger charge is 2.30. The Hall–Kier alpha value is -2.15. The third kappa shape index (κ3) is 4.63. The van der Waals surface area contributed by atoms with Gasteiger partial charge in [-0.3, -0.25) is 0 Å². The van der Waals surface area contributed by atoms with Gasteiger partial charge in [0.15, 0.2) is 0 Å². The molecule has 6 nitrogen and oxygen atoms in total. The fraction of sp³-hybridized carbons (Fsp3) is 0.571. The van der Waals surface area contributed by atoms with Crippen molar-refractivity contribution in [3.63, 3.8) is 0 Å². The summed E-state index contributed by atoms with van der Waals surface area (Å²) >= 11 is 1.46. The fourth-order valence-corrected chi connectivity index (χ4v) is 4.88. The maximum absolute atomic E-state index is 12.7. The molecule has 1 saturated heterocycles. The number of hydrogen-bond donors (Lipinski definition) is 1. The van der Waals surface area contributed by atoms with Gasteiger partial charge in [0.2, 0.25) is 5.13 Å². The molecule has 1 aromatic heterocycles. The highest BCUT2D eigenvalue weighted by molar-refractivity contribution is 7.09. The summed E-state index contributed by atoms with van der Waals surface area (Å²) in [6.45, 7) is 4.46. The van der Waals surface area contributed by atoms with E-state index in [4.69, 9.17) is 4.98 Å². The Morgan fingerprint density at radius 1 is 1.18 bits per heavy atom. The van der Waals surface area contributed by atoms with Gasteiger partial charge in [0.25, 0.3) is 0 Å². The molecule has 1 aliphatic carbocycles. The van der Waals surface area contributed by atoms with Crippen molar-refractivity contribution in [2.24, 2.45) is 0 Å². The van der Waals surface area contributed by atoms with Crippen molar-refractivity contribution in [3.8, 4) is 0 Å². The van der Waals surface area contributed by atoms with E-state index >= 15 is 0 Å². The van der Waals surface area contributed by atoms with E-state index in [1.165, 1.54) is 36.4 Å². The Morgan fingerprint density at radius 2 is 1.96 bits per heavy atom. The first-order chi connectivity index (χ1) is 13.7. The van der Waals surface area contributed by atoms with Crippen LogP contribution in [0.15, 0.2) is 30.3 Å². The SMILES string of the molecule is C[C@H]1CN(c2nc(Cc3ccccc3)ns2)CCN1C(=O)NC1CCCCC1. The molecule has 2 amide bonds. The van der Waals surface area contributed by atoms with E-state index in [1.807, 2.05) is 23.1 Å². The lowest BCUT2D eigenvalue weighted by atomic mass is 9.96. The highest BCUT2D eigenvalue weighted by atomic mass is 32.1. The molecule has 1 atom stereocenters. The first-order valence-electron chi connectivity index (χ1n) is 10.4. The standard InChI is InChI=1S/C21H29N5OS/c1-16-15-25(12-13-26(16)20(27)22-18-10-6-3-7-11-18)21-23-19(24-28-21)14-17-8-4-2-5-9-17/h2,4-5,8-9,16,18H,3,6-7,10-15H2,1H3,(H,22,27)/t16-/m0/s1. The van der Waals surface area contributed by atoms with Crippen molar-refractivity contribution in [2.75, 3.05) is 24.5 Å². The Balaban J connectivity index is 1.32. The predicted octanol–water partition coefficient (Wildman–Crippen LogP) is 3.68. The zero-order chi connectivity index (χ0) is 19.3. The Morgan fingerprint density at radius 3 is 2.71 bits per heavy atom. The van der Waals surface area contributed by atoms with E-state index in [2.05, 4.69) is 33.6 Å². The van der Waals surface area contributed by atoms with Crippen molar-refractivity contribution >= 4 is 22.7 Å². The largest absolute Gasteiger partial charge is 0.343 e. The molecular formula is C21H29N5OS. The minimum Gasteiger partial charge on any atom is -0.343 e. The second-order valence-corrected chi connectivity index (χ2v) is 8.66. The number of nitrogens with zero attached hydrogens (tertiary/aromatic N) is 4. The molecule has 7 heteroatoms. The summed E-state index contributed by atoms with van der Waals surface area (Å²) in [6.07, 6.45) is 6.77. The first kappa shape index (κ1) is 19.2. The van der Waals surface area contributed by atoms with Gasteiger partial charge in [0.1, 0.15) is 5.82 Å². The molecule has 1 saturated carbocycles. The summed E-state index contributed by atoms with van der Waals surface area (Å²) in [5.74, 6) is 0.872. The maximum Gasteiger partial charge on any atom is 0.317 e. The number of carbonyl (C=O) groups excluding carboxylic acids is 1. The number of nitrogens with one attached hydrogen (secondary N) is 1. The first-order valence-corrected chi connectivity index (χ1v) is 11.1. The van der Waals surface area contributed by atoms with Crippen molar-refractivity contribution in [3.05, 3.63) is 41.7 Å². The van der Waals surface area contributed by atoms with Gasteiger partial charge < -0.3 is 15.1 Å². The molecule has 0 bridgehead atoms. The van der Waals surface area contributed by atoms with Crippen LogP contribution in [0, 0.1) is 0 Å². The summed E-state index contributed by atoms with van der Waals surface area (Å²) < 4.78 is 4.54. The summed E-state index contributed by atoms with van der Waals surface area (Å²) in [5.41, 5.74) is 1.23. The number of aromatic nitrogens is 2. The van der Waals surface area contributed by atoms with Crippen molar-refractivity contribution < 1.29 is 4.79 Å². The monoisotopic (exact) mass is 399 g/mol. The van der Waals surface area contributed by atoms with Gasteiger partial charge in [-0.25, -0.2) is 9.78 Å². The van der Waals surface area contributed by atoms with E-state index in [9.17, 15) is 4.79 Å². The molecule has 2 aromatic rings. The summed E-state index contributed by atoms with van der Waals surface area (Å²) in [4.78, 5) is 21.7. The predicted molar refractivity (Wildman–Crippen MR) is 113 cm³/mol. The molecule has 2 fully saturated rings. The van der Waals surface area contributed by atoms with Crippen LogP contribution < -0.4 is 10.2 Å². The minimum absolute atomic E-state index is 0.0982. The number of urea groups is 1. The molecule has 0 radical (unpaired) electrons. The molecule has 0 spiro atoms. The van der Waals surface area contributed by atoms with Crippen LogP contribution in [0.2, 0.25) is 0 Å². The van der Waals surface area contributed by atoms with Crippen LogP contribution in [0.4, 0.5) is 9.93 Å². The zero-order valence-electron chi connectivity index (χ0n) is 16.5. The quantitative estimate of drug-likeness (QED) is 0.852. The number of benzene rings is 1. The average Bonchev–Trinajstić information content (AvgIpc) is 3.18. The Bertz CT molecular complexity index is 774. The number of anilines is 1. The zero-order valence-corrected chi connectivity index (χ0v) is 17.3. The Labute approximate surface area is 171 Å². The maximum atomic E-state index is 12.7. The number of carbonyl (C=O) groups is 1. The lowest BCUT2D eigenvalue weighted by Crippen LogP contribution is -2.58. The minimum atomic E-state index is 0.0982. The molecule has 1 N–H and O–H groups in total. The molecule has 1 aromatic carbocycles. The van der Waals surface area contributed by atoms with Crippen molar-refractivity contribution in [1.29, 1.82) is 0 Å². The van der Waals surface area contributed by atoms with E-state index in [1.54, 1.807) is 0 Å². The molecule has 2 aliphatic rings. The fourth-order valence-electron chi connectivity index (χ4n) is 4.16. The number of amides is 2. The molecule has 0 unspecified atom stereocenters. The molecular weight excluding hydrogens is 370 g/mol. The highest BCUT2D eigenvalue weighted by Crippen LogP contribution is 2.23. The molecule has 2 heterocycles. The van der Waals surface area contributed by atoms with Crippen LogP contribution in [0.3, 0.4) is 0 Å². The second kappa shape index (κ2) is 8.90. The van der Waals surface area contributed by atoms with Crippen LogP contribution in [0.1, 0.15) is 50.4 Å². The van der Waals surface area contributed by atoms with E-state index in [0.29, 0.717) is 6.04 Å². The van der Waals surface area contributed by atoms with Crippen LogP contribution in [-0.2, 0) is 6.42 Å². The third-order valence-corrected chi connectivity index (χ3v) is 6.57. The Kier molecular flexibility index (Phi) is 6.10. The van der Waals surface area contributed by atoms with Crippen LogP contribution >= 0.6 is 11.5 Å². The second-order valence-electron chi connectivity index (χ2n) is 7.93. The van der Waals surface area contributed by atoms with Crippen LogP contribution in [0.5, 0.6) is 0 Å². The van der Waals surface area contributed by atoms with E-state index < -0.39 is 0 Å². The topological polar surface area (TPSA) is 61.4 Å². The van der Waals surface area contributed by atoms with Gasteiger partial charge in [-0.15, -0.1) is 0 Å². The van der Waals surface area contributed by atoms with Gasteiger partial charge in [-0.2, -0.15) is 4.37 Å².